The van der Waals surface area contributed by atoms with Gasteiger partial charge >= 0.3 is 0 Å². The quantitative estimate of drug-likeness (QED) is 0.498. The summed E-state index contributed by atoms with van der Waals surface area (Å²) < 4.78 is 5.87. The minimum absolute atomic E-state index is 0. The molecule has 2 heterocycles. The van der Waals surface area contributed by atoms with Crippen molar-refractivity contribution >= 4 is 0 Å². The summed E-state index contributed by atoms with van der Waals surface area (Å²) in [5.41, 5.74) is 0.661. The second-order valence-corrected chi connectivity index (χ2v) is 5.68. The molecule has 0 aromatic heterocycles. The summed E-state index contributed by atoms with van der Waals surface area (Å²) in [4.78, 5) is 0. The minimum Gasteiger partial charge on any atom is -1.00 e. The molecule has 2 fully saturated rings. The smallest absolute Gasteiger partial charge is 0.0836 e. The second-order valence-electron chi connectivity index (χ2n) is 5.68. The van der Waals surface area contributed by atoms with E-state index in [0.29, 0.717) is 5.41 Å². The molecular weight excluding hydrogens is 198 g/mol. The third-order valence-corrected chi connectivity index (χ3v) is 3.57. The Labute approximate surface area is 93.2 Å². The molecule has 3 heteroatoms. The van der Waals surface area contributed by atoms with Gasteiger partial charge in [0.05, 0.1) is 24.8 Å². The zero-order valence-corrected chi connectivity index (χ0v) is 10.2. The van der Waals surface area contributed by atoms with Gasteiger partial charge in [-0.05, 0) is 27.2 Å². The third-order valence-electron chi connectivity index (χ3n) is 3.57. The van der Waals surface area contributed by atoms with Crippen LogP contribution in [0.5, 0.6) is 0 Å². The Morgan fingerprint density at radius 3 is 2.57 bits per heavy atom. The Hall–Kier alpha value is 0.210. The van der Waals surface area contributed by atoms with Crippen LogP contribution < -0.4 is 17.7 Å². The topological polar surface area (TPSA) is 25.8 Å². The number of quaternary nitrogens is 1. The number of piperidine rings is 1. The molecule has 2 saturated heterocycles. The molecule has 0 aliphatic carbocycles. The molecule has 0 aromatic carbocycles. The maximum absolute atomic E-state index is 5.87. The summed E-state index contributed by atoms with van der Waals surface area (Å²) in [5.74, 6) is 0. The predicted molar refractivity (Wildman–Crippen MR) is 52.6 cm³/mol. The molecular formula is C11H22ClNO. The van der Waals surface area contributed by atoms with Crippen molar-refractivity contribution < 1.29 is 22.5 Å². The van der Waals surface area contributed by atoms with Gasteiger partial charge in [-0.15, -0.1) is 0 Å². The highest BCUT2D eigenvalue weighted by Gasteiger charge is 2.47. The van der Waals surface area contributed by atoms with Crippen molar-refractivity contribution in [2.24, 2.45) is 5.41 Å². The monoisotopic (exact) mass is 219 g/mol. The summed E-state index contributed by atoms with van der Waals surface area (Å²) in [6.45, 7) is 9.08. The first-order chi connectivity index (χ1) is 6.02. The van der Waals surface area contributed by atoms with Crippen LogP contribution in [0, 0.1) is 5.41 Å². The van der Waals surface area contributed by atoms with Crippen molar-refractivity contribution in [3.05, 3.63) is 0 Å². The van der Waals surface area contributed by atoms with E-state index >= 15 is 0 Å². The van der Waals surface area contributed by atoms with E-state index in [1.165, 1.54) is 25.8 Å². The zero-order chi connectivity index (χ0) is 9.53. The second kappa shape index (κ2) is 3.99. The summed E-state index contributed by atoms with van der Waals surface area (Å²) in [6.07, 6.45) is 3.95. The average molecular weight is 220 g/mol. The number of rotatable bonds is 0. The fourth-order valence-electron chi connectivity index (χ4n) is 3.19. The first-order valence-electron chi connectivity index (χ1n) is 5.49. The third kappa shape index (κ3) is 2.41. The Morgan fingerprint density at radius 1 is 1.36 bits per heavy atom. The summed E-state index contributed by atoms with van der Waals surface area (Å²) in [6, 6.07) is 0.797. The van der Waals surface area contributed by atoms with E-state index in [1.807, 2.05) is 0 Å². The van der Waals surface area contributed by atoms with Gasteiger partial charge in [0.15, 0.2) is 0 Å². The van der Waals surface area contributed by atoms with Crippen molar-refractivity contribution in [2.45, 2.75) is 51.7 Å². The highest BCUT2D eigenvalue weighted by molar-refractivity contribution is 4.94. The number of ether oxygens (including phenoxy) is 1. The summed E-state index contributed by atoms with van der Waals surface area (Å²) >= 11 is 0. The molecule has 0 amide bonds. The SMILES string of the molecule is C[C@@H]1C[C@@]2(CC[NH2+]1)COC(C)(C)C2.[Cl-]. The summed E-state index contributed by atoms with van der Waals surface area (Å²) in [7, 11) is 0. The van der Waals surface area contributed by atoms with Gasteiger partial charge in [-0.1, -0.05) is 0 Å². The lowest BCUT2D eigenvalue weighted by Gasteiger charge is -2.34. The van der Waals surface area contributed by atoms with E-state index in [0.717, 1.165) is 12.6 Å². The molecule has 2 N–H and O–H groups in total. The van der Waals surface area contributed by atoms with E-state index in [9.17, 15) is 0 Å². The van der Waals surface area contributed by atoms with Crippen molar-refractivity contribution in [3.63, 3.8) is 0 Å². The molecule has 14 heavy (non-hydrogen) atoms. The average Bonchev–Trinajstić information content (AvgIpc) is 2.26. The van der Waals surface area contributed by atoms with Crippen LogP contribution in [-0.2, 0) is 4.74 Å². The number of hydrogen-bond donors (Lipinski definition) is 1. The molecule has 0 bridgehead atoms. The predicted octanol–water partition coefficient (Wildman–Crippen LogP) is -2.08. The molecule has 2 atom stereocenters. The number of halogens is 1. The van der Waals surface area contributed by atoms with Gasteiger partial charge in [0.2, 0.25) is 0 Å². The molecule has 0 unspecified atom stereocenters. The van der Waals surface area contributed by atoms with Gasteiger partial charge in [0, 0.05) is 18.3 Å². The minimum atomic E-state index is 0. The van der Waals surface area contributed by atoms with E-state index in [1.54, 1.807) is 0 Å². The van der Waals surface area contributed by atoms with E-state index in [2.05, 4.69) is 26.1 Å². The Morgan fingerprint density at radius 2 is 2.07 bits per heavy atom. The van der Waals surface area contributed by atoms with Crippen LogP contribution in [0.2, 0.25) is 0 Å². The normalized spacial score (nSPS) is 40.9. The van der Waals surface area contributed by atoms with Gasteiger partial charge in [-0.3, -0.25) is 0 Å². The first kappa shape index (κ1) is 12.3. The molecule has 0 aromatic rings. The Bertz CT molecular complexity index is 207. The molecule has 0 radical (unpaired) electrons. The summed E-state index contributed by atoms with van der Waals surface area (Å²) in [5, 5.41) is 2.47. The molecule has 2 nitrogen and oxygen atoms in total. The van der Waals surface area contributed by atoms with Crippen LogP contribution in [0.25, 0.3) is 0 Å². The van der Waals surface area contributed by atoms with Crippen molar-refractivity contribution in [1.29, 1.82) is 0 Å². The number of hydrogen-bond acceptors (Lipinski definition) is 1. The standard InChI is InChI=1S/C11H21NO.ClH/c1-9-6-11(4-5-12-9)7-10(2,3)13-8-11;/h9,12H,4-8H2,1-3H3;1H/t9-,11-;/m1./s1. The van der Waals surface area contributed by atoms with E-state index in [-0.39, 0.29) is 18.0 Å². The van der Waals surface area contributed by atoms with Gasteiger partial charge in [-0.25, -0.2) is 0 Å². The van der Waals surface area contributed by atoms with Crippen LogP contribution in [0.1, 0.15) is 40.0 Å². The maximum atomic E-state index is 5.87. The molecule has 84 valence electrons. The Kier molecular flexibility index (Phi) is 3.50. The van der Waals surface area contributed by atoms with E-state index < -0.39 is 0 Å². The molecule has 1 spiro atoms. The van der Waals surface area contributed by atoms with Crippen molar-refractivity contribution in [3.8, 4) is 0 Å². The number of nitrogens with two attached hydrogens (primary N) is 1. The lowest BCUT2D eigenvalue weighted by atomic mass is 9.73. The Balaban J connectivity index is 0.000000980. The van der Waals surface area contributed by atoms with Gasteiger partial charge in [0.1, 0.15) is 0 Å². The fourth-order valence-corrected chi connectivity index (χ4v) is 3.19. The molecule has 2 aliphatic rings. The van der Waals surface area contributed by atoms with Crippen LogP contribution >= 0.6 is 0 Å². The molecule has 2 rings (SSSR count). The van der Waals surface area contributed by atoms with Crippen LogP contribution in [0.15, 0.2) is 0 Å². The fraction of sp³-hybridized carbons (Fsp3) is 1.00. The van der Waals surface area contributed by atoms with Crippen molar-refractivity contribution in [1.82, 2.24) is 0 Å². The van der Waals surface area contributed by atoms with Gasteiger partial charge in [0.25, 0.3) is 0 Å². The van der Waals surface area contributed by atoms with Crippen LogP contribution in [-0.4, -0.2) is 24.8 Å². The molecule has 0 saturated carbocycles. The lowest BCUT2D eigenvalue weighted by Crippen LogP contribution is -3.00. The largest absolute Gasteiger partial charge is 1.00 e. The van der Waals surface area contributed by atoms with Crippen molar-refractivity contribution in [2.75, 3.05) is 13.2 Å². The zero-order valence-electron chi connectivity index (χ0n) is 9.48. The van der Waals surface area contributed by atoms with Gasteiger partial charge < -0.3 is 22.5 Å². The van der Waals surface area contributed by atoms with E-state index in [4.69, 9.17) is 4.74 Å². The molecule has 2 aliphatic heterocycles. The highest BCUT2D eigenvalue weighted by atomic mass is 35.5. The van der Waals surface area contributed by atoms with Crippen LogP contribution in [0.4, 0.5) is 0 Å². The van der Waals surface area contributed by atoms with Crippen LogP contribution in [0.3, 0.4) is 0 Å². The lowest BCUT2D eigenvalue weighted by molar-refractivity contribution is -0.699. The highest BCUT2D eigenvalue weighted by Crippen LogP contribution is 2.45. The van der Waals surface area contributed by atoms with Gasteiger partial charge in [-0.2, -0.15) is 0 Å². The maximum Gasteiger partial charge on any atom is 0.0836 e. The first-order valence-corrected chi connectivity index (χ1v) is 5.49.